The first-order valence-electron chi connectivity index (χ1n) is 6.21. The number of nitrogens with zero attached hydrogens (tertiary/aromatic N) is 1. The topological polar surface area (TPSA) is 57.2 Å². The van der Waals surface area contributed by atoms with E-state index >= 15 is 0 Å². The van der Waals surface area contributed by atoms with E-state index in [9.17, 15) is 8.78 Å². The molecule has 0 amide bonds. The molecule has 0 bridgehead atoms. The minimum Gasteiger partial charge on any atom is -0.396 e. The summed E-state index contributed by atoms with van der Waals surface area (Å²) in [6.07, 6.45) is 0.748. The lowest BCUT2D eigenvalue weighted by molar-refractivity contribution is 0.296. The molecule has 1 heterocycles. The maximum Gasteiger partial charge on any atom is 0.168 e. The molecule has 19 heavy (non-hydrogen) atoms. The van der Waals surface area contributed by atoms with Crippen LogP contribution in [0.3, 0.4) is 0 Å². The molecule has 0 spiro atoms. The molecular weight excluding hydrogens is 272 g/mol. The summed E-state index contributed by atoms with van der Waals surface area (Å²) in [5.41, 5.74) is 0. The van der Waals surface area contributed by atoms with Crippen molar-refractivity contribution in [1.82, 2.24) is 4.98 Å². The highest BCUT2D eigenvalue weighted by atomic mass is 32.2. The van der Waals surface area contributed by atoms with E-state index in [-0.39, 0.29) is 18.2 Å². The van der Waals surface area contributed by atoms with Gasteiger partial charge in [-0.2, -0.15) is 11.8 Å². The van der Waals surface area contributed by atoms with Gasteiger partial charge in [0.1, 0.15) is 0 Å². The van der Waals surface area contributed by atoms with Crippen molar-refractivity contribution in [3.05, 3.63) is 17.7 Å². The fraction of sp³-hybridized carbons (Fsp3) is 0.583. The lowest BCUT2D eigenvalue weighted by Crippen LogP contribution is -2.11. The number of hydrogen-bond donors (Lipinski definition) is 3. The zero-order valence-corrected chi connectivity index (χ0v) is 11.7. The highest BCUT2D eigenvalue weighted by molar-refractivity contribution is 7.99. The van der Waals surface area contributed by atoms with Crippen molar-refractivity contribution in [2.24, 2.45) is 0 Å². The molecule has 4 nitrogen and oxygen atoms in total. The lowest BCUT2D eigenvalue weighted by atomic mass is 10.4. The van der Waals surface area contributed by atoms with Crippen molar-refractivity contribution in [1.29, 1.82) is 0 Å². The molecule has 108 valence electrons. The Morgan fingerprint density at radius 1 is 1.21 bits per heavy atom. The van der Waals surface area contributed by atoms with E-state index in [4.69, 9.17) is 5.11 Å². The Hall–Kier alpha value is -1.08. The van der Waals surface area contributed by atoms with Crippen LogP contribution < -0.4 is 10.6 Å². The zero-order chi connectivity index (χ0) is 14.1. The van der Waals surface area contributed by atoms with Gasteiger partial charge in [0.05, 0.1) is 0 Å². The Bertz CT molecular complexity index is 393. The number of aliphatic hydroxyl groups excluding tert-OH is 1. The predicted molar refractivity (Wildman–Crippen MR) is 75.8 cm³/mol. The molecule has 0 atom stereocenters. The molecule has 0 saturated carbocycles. The van der Waals surface area contributed by atoms with Crippen LogP contribution in [0.2, 0.25) is 0 Å². The molecule has 0 radical (unpaired) electrons. The number of anilines is 2. The number of halogens is 2. The van der Waals surface area contributed by atoms with E-state index in [2.05, 4.69) is 15.6 Å². The molecule has 1 rings (SSSR count). The van der Waals surface area contributed by atoms with Gasteiger partial charge in [-0.3, -0.25) is 0 Å². The number of pyridine rings is 1. The minimum atomic E-state index is -0.695. The first kappa shape index (κ1) is 16.0. The third-order valence-electron chi connectivity index (χ3n) is 2.26. The van der Waals surface area contributed by atoms with Gasteiger partial charge in [0.15, 0.2) is 23.3 Å². The number of aliphatic hydroxyl groups is 1. The van der Waals surface area contributed by atoms with E-state index in [1.807, 2.05) is 6.92 Å². The summed E-state index contributed by atoms with van der Waals surface area (Å²) in [4.78, 5) is 3.87. The van der Waals surface area contributed by atoms with E-state index in [0.717, 1.165) is 24.0 Å². The Morgan fingerprint density at radius 3 is 2.53 bits per heavy atom. The predicted octanol–water partition coefficient (Wildman–Crippen LogP) is 2.32. The molecule has 0 aliphatic heterocycles. The highest BCUT2D eigenvalue weighted by Gasteiger charge is 2.10. The van der Waals surface area contributed by atoms with Gasteiger partial charge in [-0.25, -0.2) is 13.8 Å². The normalized spacial score (nSPS) is 10.5. The number of hydrogen-bond acceptors (Lipinski definition) is 5. The summed E-state index contributed by atoms with van der Waals surface area (Å²) in [6, 6.07) is 0.826. The molecule has 0 unspecified atom stereocenters. The SMILES string of the molecule is CCNc1nc(NCCSCCCO)c(F)cc1F. The van der Waals surface area contributed by atoms with Crippen molar-refractivity contribution >= 4 is 23.4 Å². The monoisotopic (exact) mass is 291 g/mol. The molecule has 7 heteroatoms. The van der Waals surface area contributed by atoms with Gasteiger partial charge in [-0.15, -0.1) is 0 Å². The van der Waals surface area contributed by atoms with Gasteiger partial charge in [-0.1, -0.05) is 0 Å². The van der Waals surface area contributed by atoms with E-state index in [1.165, 1.54) is 0 Å². The summed E-state index contributed by atoms with van der Waals surface area (Å²) < 4.78 is 26.8. The number of aromatic nitrogens is 1. The van der Waals surface area contributed by atoms with Gasteiger partial charge < -0.3 is 15.7 Å². The quantitative estimate of drug-likeness (QED) is 0.610. The van der Waals surface area contributed by atoms with E-state index < -0.39 is 11.6 Å². The highest BCUT2D eigenvalue weighted by Crippen LogP contribution is 2.18. The molecule has 0 aromatic carbocycles. The molecule has 0 aliphatic carbocycles. The average Bonchev–Trinajstić information content (AvgIpc) is 2.38. The summed E-state index contributed by atoms with van der Waals surface area (Å²) in [5.74, 6) is 0.357. The summed E-state index contributed by atoms with van der Waals surface area (Å²) in [5, 5.41) is 14.2. The minimum absolute atomic E-state index is 0.0549. The van der Waals surface area contributed by atoms with Gasteiger partial charge in [0, 0.05) is 31.5 Å². The van der Waals surface area contributed by atoms with Crippen LogP contribution in [0.4, 0.5) is 20.4 Å². The van der Waals surface area contributed by atoms with Crippen LogP contribution in [0, 0.1) is 11.6 Å². The smallest absolute Gasteiger partial charge is 0.168 e. The lowest BCUT2D eigenvalue weighted by Gasteiger charge is -2.10. The zero-order valence-electron chi connectivity index (χ0n) is 10.9. The average molecular weight is 291 g/mol. The summed E-state index contributed by atoms with van der Waals surface area (Å²) >= 11 is 1.66. The number of rotatable bonds is 9. The van der Waals surface area contributed by atoms with E-state index in [1.54, 1.807) is 11.8 Å². The Labute approximate surface area is 116 Å². The van der Waals surface area contributed by atoms with Gasteiger partial charge >= 0.3 is 0 Å². The molecule has 3 N–H and O–H groups in total. The third-order valence-corrected chi connectivity index (χ3v) is 3.33. The van der Waals surface area contributed by atoms with Crippen LogP contribution in [0.25, 0.3) is 0 Å². The Kier molecular flexibility index (Phi) is 7.50. The second kappa shape index (κ2) is 8.92. The maximum atomic E-state index is 13.5. The van der Waals surface area contributed by atoms with Gasteiger partial charge in [0.25, 0.3) is 0 Å². The Morgan fingerprint density at radius 2 is 1.89 bits per heavy atom. The largest absolute Gasteiger partial charge is 0.396 e. The Balaban J connectivity index is 2.46. The van der Waals surface area contributed by atoms with Crippen molar-refractivity contribution in [2.75, 3.05) is 41.8 Å². The first-order valence-corrected chi connectivity index (χ1v) is 7.37. The summed E-state index contributed by atoms with van der Waals surface area (Å²) in [7, 11) is 0. The van der Waals surface area contributed by atoms with Crippen molar-refractivity contribution in [3.8, 4) is 0 Å². The molecule has 0 aliphatic rings. The molecule has 1 aromatic heterocycles. The van der Waals surface area contributed by atoms with Crippen molar-refractivity contribution in [2.45, 2.75) is 13.3 Å². The fourth-order valence-electron chi connectivity index (χ4n) is 1.39. The van der Waals surface area contributed by atoms with Crippen LogP contribution >= 0.6 is 11.8 Å². The van der Waals surface area contributed by atoms with Crippen LogP contribution in [-0.4, -0.2) is 41.3 Å². The van der Waals surface area contributed by atoms with E-state index in [0.29, 0.717) is 13.1 Å². The number of thioether (sulfide) groups is 1. The van der Waals surface area contributed by atoms with Crippen molar-refractivity contribution in [3.63, 3.8) is 0 Å². The van der Waals surface area contributed by atoms with Gasteiger partial charge in [0.2, 0.25) is 0 Å². The molecule has 0 fully saturated rings. The van der Waals surface area contributed by atoms with Crippen molar-refractivity contribution < 1.29 is 13.9 Å². The standard InChI is InChI=1S/C12H19F2N3OS/c1-2-15-11-9(13)8-10(14)12(17-11)16-4-7-19-6-3-5-18/h8,18H,2-7H2,1H3,(H2,15,16,17). The number of nitrogens with one attached hydrogen (secondary N) is 2. The molecule has 1 aromatic rings. The van der Waals surface area contributed by atoms with Crippen LogP contribution in [0.5, 0.6) is 0 Å². The van der Waals surface area contributed by atoms with Gasteiger partial charge in [-0.05, 0) is 19.1 Å². The second-order valence-corrected chi connectivity index (χ2v) is 5.02. The maximum absolute atomic E-state index is 13.5. The van der Waals surface area contributed by atoms with Crippen LogP contribution in [0.15, 0.2) is 6.07 Å². The fourth-order valence-corrected chi connectivity index (χ4v) is 2.18. The second-order valence-electron chi connectivity index (χ2n) is 3.80. The summed E-state index contributed by atoms with van der Waals surface area (Å²) in [6.45, 7) is 3.05. The first-order chi connectivity index (χ1) is 9.19. The molecule has 0 saturated heterocycles. The third kappa shape index (κ3) is 5.61. The molecular formula is C12H19F2N3OS. The van der Waals surface area contributed by atoms with Crippen LogP contribution in [0.1, 0.15) is 13.3 Å². The van der Waals surface area contributed by atoms with Crippen LogP contribution in [-0.2, 0) is 0 Å².